The van der Waals surface area contributed by atoms with Crippen LogP contribution in [0.2, 0.25) is 0 Å². The van der Waals surface area contributed by atoms with Crippen molar-refractivity contribution in [3.05, 3.63) is 46.7 Å². The molecule has 10 heteroatoms. The van der Waals surface area contributed by atoms with Crippen molar-refractivity contribution in [2.24, 2.45) is 0 Å². The minimum atomic E-state index is -0.313. The van der Waals surface area contributed by atoms with E-state index in [1.54, 1.807) is 4.90 Å². The number of carbonyl (C=O) groups excluding carboxylic acids is 3. The predicted octanol–water partition coefficient (Wildman–Crippen LogP) is 2.91. The normalized spacial score (nSPS) is 24.9. The number of imidazole rings is 1. The molecule has 2 aromatic heterocycles. The van der Waals surface area contributed by atoms with Gasteiger partial charge in [0.05, 0.1) is 18.3 Å². The van der Waals surface area contributed by atoms with E-state index in [9.17, 15) is 14.4 Å². The first-order chi connectivity index (χ1) is 18.3. The van der Waals surface area contributed by atoms with Crippen LogP contribution in [0.25, 0.3) is 10.9 Å². The molecule has 38 heavy (non-hydrogen) atoms. The van der Waals surface area contributed by atoms with Crippen LogP contribution in [0.5, 0.6) is 0 Å². The first-order valence-electron chi connectivity index (χ1n) is 13.7. The van der Waals surface area contributed by atoms with E-state index in [2.05, 4.69) is 46.9 Å². The van der Waals surface area contributed by atoms with Gasteiger partial charge in [-0.1, -0.05) is 19.9 Å². The Morgan fingerprint density at radius 2 is 1.97 bits per heavy atom. The SMILES string of the molecule is Cc1cc2c(c3cn[nH]c13)Cn1c(C(C)C)cnc1C1(CC(=O)N3CCC(N4CC(=O)NC4=O)CC3)CC21. The molecule has 0 radical (unpaired) electrons. The quantitative estimate of drug-likeness (QED) is 0.519. The number of piperidine rings is 1. The molecule has 0 spiro atoms. The molecule has 2 unspecified atom stereocenters. The van der Waals surface area contributed by atoms with Gasteiger partial charge in [-0.05, 0) is 54.7 Å². The molecule has 2 saturated heterocycles. The lowest BCUT2D eigenvalue weighted by molar-refractivity contribution is -0.133. The number of nitrogens with zero attached hydrogens (tertiary/aromatic N) is 5. The number of rotatable bonds is 4. The van der Waals surface area contributed by atoms with Crippen LogP contribution in [0.15, 0.2) is 18.5 Å². The maximum absolute atomic E-state index is 13.8. The average Bonchev–Trinajstić information content (AvgIpc) is 3.22. The minimum absolute atomic E-state index is 0.00469. The molecule has 10 nitrogen and oxygen atoms in total. The molecule has 2 N–H and O–H groups in total. The van der Waals surface area contributed by atoms with Crippen molar-refractivity contribution in [3.63, 3.8) is 0 Å². The summed E-state index contributed by atoms with van der Waals surface area (Å²) < 4.78 is 2.36. The molecule has 4 amide bonds. The monoisotopic (exact) mass is 515 g/mol. The number of amides is 4. The van der Waals surface area contributed by atoms with E-state index >= 15 is 0 Å². The van der Waals surface area contributed by atoms with Crippen LogP contribution >= 0.6 is 0 Å². The van der Waals surface area contributed by atoms with E-state index in [-0.39, 0.29) is 41.8 Å². The van der Waals surface area contributed by atoms with Gasteiger partial charge in [0.1, 0.15) is 12.4 Å². The van der Waals surface area contributed by atoms with Gasteiger partial charge in [0.25, 0.3) is 0 Å². The number of aromatic nitrogens is 4. The number of nitrogens with one attached hydrogen (secondary N) is 2. The minimum Gasteiger partial charge on any atom is -0.343 e. The molecule has 2 atom stereocenters. The van der Waals surface area contributed by atoms with Crippen LogP contribution < -0.4 is 5.32 Å². The van der Waals surface area contributed by atoms with Gasteiger partial charge in [-0.3, -0.25) is 20.0 Å². The maximum Gasteiger partial charge on any atom is 0.324 e. The third-order valence-electron chi connectivity index (χ3n) is 9.32. The van der Waals surface area contributed by atoms with Crippen molar-refractivity contribution < 1.29 is 14.4 Å². The van der Waals surface area contributed by atoms with E-state index in [0.29, 0.717) is 38.3 Å². The summed E-state index contributed by atoms with van der Waals surface area (Å²) in [6.45, 7) is 8.56. The topological polar surface area (TPSA) is 116 Å². The molecular weight excluding hydrogens is 482 g/mol. The number of hydrogen-bond acceptors (Lipinski definition) is 5. The highest BCUT2D eigenvalue weighted by atomic mass is 16.2. The summed E-state index contributed by atoms with van der Waals surface area (Å²) in [6, 6.07) is 1.98. The number of imide groups is 1. The Kier molecular flexibility index (Phi) is 5.03. The van der Waals surface area contributed by atoms with Crippen LogP contribution in [0, 0.1) is 6.92 Å². The first kappa shape index (κ1) is 23.4. The van der Waals surface area contributed by atoms with Crippen LogP contribution in [0.4, 0.5) is 4.79 Å². The zero-order valence-corrected chi connectivity index (χ0v) is 22.1. The zero-order valence-electron chi connectivity index (χ0n) is 22.1. The van der Waals surface area contributed by atoms with E-state index in [1.807, 2.05) is 17.3 Å². The Morgan fingerprint density at radius 3 is 2.68 bits per heavy atom. The molecule has 3 aromatic rings. The van der Waals surface area contributed by atoms with E-state index in [1.165, 1.54) is 22.4 Å². The van der Waals surface area contributed by atoms with Crippen molar-refractivity contribution in [2.45, 2.75) is 76.3 Å². The van der Waals surface area contributed by atoms with Gasteiger partial charge >= 0.3 is 6.03 Å². The summed E-state index contributed by atoms with van der Waals surface area (Å²) >= 11 is 0. The Morgan fingerprint density at radius 1 is 1.18 bits per heavy atom. The second kappa shape index (κ2) is 8.15. The Bertz CT molecular complexity index is 1500. The number of likely N-dealkylation sites (tertiary alicyclic amines) is 1. The molecule has 4 aliphatic rings. The van der Waals surface area contributed by atoms with E-state index in [4.69, 9.17) is 4.98 Å². The fourth-order valence-corrected chi connectivity index (χ4v) is 7.22. The maximum atomic E-state index is 13.8. The number of carbonyl (C=O) groups is 3. The average molecular weight is 516 g/mol. The summed E-state index contributed by atoms with van der Waals surface area (Å²) in [5.74, 6) is 1.51. The molecule has 3 fully saturated rings. The van der Waals surface area contributed by atoms with Gasteiger partial charge in [0.15, 0.2) is 0 Å². The largest absolute Gasteiger partial charge is 0.343 e. The van der Waals surface area contributed by atoms with Crippen LogP contribution in [0.1, 0.15) is 79.6 Å². The Balaban J connectivity index is 1.19. The highest BCUT2D eigenvalue weighted by molar-refractivity contribution is 6.02. The van der Waals surface area contributed by atoms with Crippen LogP contribution in [-0.2, 0) is 21.5 Å². The fraction of sp³-hybridized carbons (Fsp3) is 0.536. The number of hydrogen-bond donors (Lipinski definition) is 2. The molecule has 7 rings (SSSR count). The summed E-state index contributed by atoms with van der Waals surface area (Å²) in [5, 5.41) is 11.0. The summed E-state index contributed by atoms with van der Waals surface area (Å²) in [6.07, 6.45) is 6.66. The predicted molar refractivity (Wildman–Crippen MR) is 140 cm³/mol. The molecule has 1 aromatic carbocycles. The molecule has 1 saturated carbocycles. The molecule has 5 heterocycles. The number of urea groups is 1. The third kappa shape index (κ3) is 3.34. The lowest BCUT2D eigenvalue weighted by Gasteiger charge is -2.36. The summed E-state index contributed by atoms with van der Waals surface area (Å²) in [4.78, 5) is 46.0. The summed E-state index contributed by atoms with van der Waals surface area (Å²) in [7, 11) is 0. The second-order valence-corrected chi connectivity index (χ2v) is 11.9. The standard InChI is InChI=1S/C28H33N7O3/c1-15(2)22-12-29-26-28(10-24(37)33-6-4-17(5-7-33)34-14-23(36)31-27(34)38)9-21(28)18-8-16(3)25-19(11-30-32-25)20(18)13-35(22)26/h8,11-12,15,17,21H,4-7,9-10,13-14H2,1-3H3,(H,30,32)(H,31,36,38). The number of benzene rings is 1. The number of H-pyrrole nitrogens is 1. The second-order valence-electron chi connectivity index (χ2n) is 11.9. The molecular formula is C28H33N7O3. The number of aryl methyl sites for hydroxylation is 1. The van der Waals surface area contributed by atoms with Crippen molar-refractivity contribution in [1.82, 2.24) is 34.9 Å². The fourth-order valence-electron chi connectivity index (χ4n) is 7.22. The first-order valence-corrected chi connectivity index (χ1v) is 13.7. The highest BCUT2D eigenvalue weighted by Gasteiger charge is 2.62. The molecule has 1 aliphatic carbocycles. The van der Waals surface area contributed by atoms with Crippen LogP contribution in [-0.4, -0.2) is 73.1 Å². The van der Waals surface area contributed by atoms with Crippen molar-refractivity contribution >= 4 is 28.7 Å². The van der Waals surface area contributed by atoms with Gasteiger partial charge in [-0.2, -0.15) is 5.10 Å². The Hall–Kier alpha value is -3.69. The van der Waals surface area contributed by atoms with Gasteiger partial charge < -0.3 is 14.4 Å². The van der Waals surface area contributed by atoms with E-state index < -0.39 is 0 Å². The lowest BCUT2D eigenvalue weighted by atomic mass is 9.90. The number of fused-ring (bicyclic) bond motifs is 7. The van der Waals surface area contributed by atoms with Gasteiger partial charge in [0, 0.05) is 48.2 Å². The third-order valence-corrected chi connectivity index (χ3v) is 9.32. The molecule has 198 valence electrons. The van der Waals surface area contributed by atoms with Gasteiger partial charge in [0.2, 0.25) is 11.8 Å². The van der Waals surface area contributed by atoms with Crippen molar-refractivity contribution in [1.29, 1.82) is 0 Å². The Labute approximate surface area is 220 Å². The number of aromatic amines is 1. The van der Waals surface area contributed by atoms with Gasteiger partial charge in [-0.25, -0.2) is 9.78 Å². The lowest BCUT2D eigenvalue weighted by Crippen LogP contribution is -2.48. The van der Waals surface area contributed by atoms with E-state index in [0.717, 1.165) is 29.7 Å². The van der Waals surface area contributed by atoms with Gasteiger partial charge in [-0.15, -0.1) is 0 Å². The van der Waals surface area contributed by atoms with Crippen molar-refractivity contribution in [2.75, 3.05) is 19.6 Å². The smallest absolute Gasteiger partial charge is 0.324 e. The highest BCUT2D eigenvalue weighted by Crippen LogP contribution is 2.65. The summed E-state index contributed by atoms with van der Waals surface area (Å²) in [5.41, 5.74) is 5.76. The molecule has 0 bridgehead atoms. The molecule has 3 aliphatic heterocycles. The zero-order chi connectivity index (χ0) is 26.3. The van der Waals surface area contributed by atoms with Crippen LogP contribution in [0.3, 0.4) is 0 Å². The van der Waals surface area contributed by atoms with Crippen molar-refractivity contribution in [3.8, 4) is 0 Å².